The van der Waals surface area contributed by atoms with Gasteiger partial charge in [-0.1, -0.05) is 96.8 Å². The molecule has 0 aliphatic carbocycles. The summed E-state index contributed by atoms with van der Waals surface area (Å²) in [6.45, 7) is 2.00. The zero-order chi connectivity index (χ0) is 17.9. The Morgan fingerprint density at radius 2 is 1.08 bits per heavy atom. The second-order valence-corrected chi connectivity index (χ2v) is 6.87. The number of hydrogen-bond acceptors (Lipinski definition) is 2. The summed E-state index contributed by atoms with van der Waals surface area (Å²) in [7, 11) is 0. The summed E-state index contributed by atoms with van der Waals surface area (Å²) in [6.07, 6.45) is 20.0. The normalized spacial score (nSPS) is 10.3. The van der Waals surface area contributed by atoms with Crippen LogP contribution in [0, 0.1) is 0 Å². The number of rotatable bonds is 18. The molecule has 144 valence electrons. The molecule has 25 heavy (non-hydrogen) atoms. The molecule has 0 saturated heterocycles. The Hall–Kier alpha value is -0.0600. The van der Waals surface area contributed by atoms with Crippen LogP contribution >= 0.6 is 0 Å². The molecule has 0 aliphatic rings. The quantitative estimate of drug-likeness (QED) is 0.290. The number of hydrogen-bond donors (Lipinski definition) is 2. The van der Waals surface area contributed by atoms with Crippen LogP contribution in [-0.4, -0.2) is 23.5 Å². The first kappa shape index (κ1) is 27.2. The molecule has 0 radical (unpaired) electrons. The van der Waals surface area contributed by atoms with Crippen molar-refractivity contribution in [2.75, 3.05) is 6.54 Å². The molecule has 0 aliphatic heterocycles. The summed E-state index contributed by atoms with van der Waals surface area (Å²) in [4.78, 5) is 21.6. The third-order valence-corrected chi connectivity index (χ3v) is 4.44. The molecule has 0 bridgehead atoms. The predicted octanol–water partition coefficient (Wildman–Crippen LogP) is 2.57. The molecule has 2 N–H and O–H groups in total. The van der Waals surface area contributed by atoms with Gasteiger partial charge < -0.3 is 11.8 Å². The van der Waals surface area contributed by atoms with Crippen molar-refractivity contribution in [2.45, 2.75) is 110 Å². The van der Waals surface area contributed by atoms with Gasteiger partial charge in [0, 0.05) is 6.42 Å². The van der Waals surface area contributed by atoms with Crippen LogP contribution in [0.15, 0.2) is 0 Å². The van der Waals surface area contributed by atoms with Crippen molar-refractivity contribution in [1.82, 2.24) is 5.32 Å². The molecule has 5 heteroatoms. The molecule has 0 aromatic heterocycles. The van der Waals surface area contributed by atoms with Gasteiger partial charge in [0.05, 0.1) is 0 Å². The molecular weight excluding hydrogens is 325 g/mol. The second kappa shape index (κ2) is 22.0. The Bertz CT molecular complexity index is 317. The van der Waals surface area contributed by atoms with E-state index in [2.05, 4.69) is 12.2 Å². The molecule has 0 aromatic rings. The molecule has 4 nitrogen and oxygen atoms in total. The first-order valence-corrected chi connectivity index (χ1v) is 10.1. The van der Waals surface area contributed by atoms with E-state index >= 15 is 0 Å². The van der Waals surface area contributed by atoms with Crippen molar-refractivity contribution in [3.8, 4) is 0 Å². The first-order valence-electron chi connectivity index (χ1n) is 10.1. The molecule has 0 unspecified atom stereocenters. The van der Waals surface area contributed by atoms with Crippen LogP contribution in [0.4, 0.5) is 0 Å². The van der Waals surface area contributed by atoms with Gasteiger partial charge in [-0.2, -0.15) is 0 Å². The Labute approximate surface area is 178 Å². The number of aliphatic carboxylic acids is 1. The standard InChI is InChI=1S/C20H39NO3.Na.H/c1-2-3-4-5-6-7-8-9-10-11-12-13-14-15-16-17-19(22)21-18-20(23)24;;/h2-18H2,1H3,(H,21,22)(H,23,24);;/q;+1;-1. The third-order valence-electron chi connectivity index (χ3n) is 4.44. The minimum atomic E-state index is -0.986. The van der Waals surface area contributed by atoms with Gasteiger partial charge in [-0.15, -0.1) is 0 Å². The third kappa shape index (κ3) is 23.9. The van der Waals surface area contributed by atoms with Gasteiger partial charge >= 0.3 is 35.5 Å². The summed E-state index contributed by atoms with van der Waals surface area (Å²) in [5, 5.41) is 10.8. The minimum Gasteiger partial charge on any atom is -1.00 e. The first-order chi connectivity index (χ1) is 11.7. The minimum absolute atomic E-state index is 0. The summed E-state index contributed by atoms with van der Waals surface area (Å²) in [6, 6.07) is 0. The largest absolute Gasteiger partial charge is 1.00 e. The Morgan fingerprint density at radius 3 is 1.44 bits per heavy atom. The molecule has 0 heterocycles. The van der Waals surface area contributed by atoms with Crippen LogP contribution in [0.25, 0.3) is 0 Å². The van der Waals surface area contributed by atoms with E-state index in [0.717, 1.165) is 12.8 Å². The van der Waals surface area contributed by atoms with Crippen molar-refractivity contribution >= 4 is 11.9 Å². The summed E-state index contributed by atoms with van der Waals surface area (Å²) < 4.78 is 0. The number of carboxylic acid groups (broad SMARTS) is 1. The predicted molar refractivity (Wildman–Crippen MR) is 101 cm³/mol. The van der Waals surface area contributed by atoms with Crippen LogP contribution in [0.5, 0.6) is 0 Å². The van der Waals surface area contributed by atoms with Gasteiger partial charge in [-0.25, -0.2) is 0 Å². The summed E-state index contributed by atoms with van der Waals surface area (Å²) in [5.74, 6) is -1.13. The van der Waals surface area contributed by atoms with E-state index in [-0.39, 0.29) is 43.4 Å². The fourth-order valence-corrected chi connectivity index (χ4v) is 2.92. The molecule has 0 aromatic carbocycles. The van der Waals surface area contributed by atoms with E-state index < -0.39 is 5.97 Å². The number of nitrogens with one attached hydrogen (secondary N) is 1. The Kier molecular flexibility index (Phi) is 23.9. The van der Waals surface area contributed by atoms with E-state index in [9.17, 15) is 9.59 Å². The van der Waals surface area contributed by atoms with Crippen LogP contribution in [0.3, 0.4) is 0 Å². The Morgan fingerprint density at radius 1 is 0.720 bits per heavy atom. The van der Waals surface area contributed by atoms with E-state index in [1.807, 2.05) is 0 Å². The molecule has 0 saturated carbocycles. The van der Waals surface area contributed by atoms with Crippen molar-refractivity contribution in [3.05, 3.63) is 0 Å². The van der Waals surface area contributed by atoms with E-state index in [1.54, 1.807) is 0 Å². The maximum atomic E-state index is 11.3. The average molecular weight is 366 g/mol. The van der Waals surface area contributed by atoms with E-state index in [1.165, 1.54) is 83.5 Å². The van der Waals surface area contributed by atoms with Crippen LogP contribution in [-0.2, 0) is 9.59 Å². The zero-order valence-electron chi connectivity index (χ0n) is 17.8. The molecule has 0 fully saturated rings. The van der Waals surface area contributed by atoms with Crippen LogP contribution in [0.1, 0.15) is 111 Å². The number of carbonyl (C=O) groups excluding carboxylic acids is 1. The van der Waals surface area contributed by atoms with E-state index in [0.29, 0.717) is 6.42 Å². The monoisotopic (exact) mass is 365 g/mol. The average Bonchev–Trinajstić information content (AvgIpc) is 2.56. The van der Waals surface area contributed by atoms with E-state index in [4.69, 9.17) is 5.11 Å². The topological polar surface area (TPSA) is 66.4 Å². The number of carbonyl (C=O) groups is 2. The molecule has 0 atom stereocenters. The summed E-state index contributed by atoms with van der Waals surface area (Å²) in [5.41, 5.74) is 0. The van der Waals surface area contributed by atoms with Gasteiger partial charge in [0.15, 0.2) is 0 Å². The number of carboxylic acids is 1. The SMILES string of the molecule is CCCCCCCCCCCCCCCCCC(=O)NCC(=O)O.[H-].[Na+]. The number of unbranched alkanes of at least 4 members (excludes halogenated alkanes) is 14. The molecule has 0 rings (SSSR count). The molecule has 1 amide bonds. The Balaban J connectivity index is -0.00000264. The maximum absolute atomic E-state index is 11.3. The molecular formula is C20H40NNaO3. The van der Waals surface area contributed by atoms with Gasteiger partial charge in [0.1, 0.15) is 6.54 Å². The van der Waals surface area contributed by atoms with Crippen molar-refractivity contribution in [2.24, 2.45) is 0 Å². The van der Waals surface area contributed by atoms with Gasteiger partial charge in [0.2, 0.25) is 5.91 Å². The zero-order valence-corrected chi connectivity index (χ0v) is 18.8. The van der Waals surface area contributed by atoms with Crippen LogP contribution < -0.4 is 34.9 Å². The summed E-state index contributed by atoms with van der Waals surface area (Å²) >= 11 is 0. The van der Waals surface area contributed by atoms with Crippen molar-refractivity contribution in [1.29, 1.82) is 0 Å². The van der Waals surface area contributed by atoms with Gasteiger partial charge in [0.25, 0.3) is 0 Å². The fourth-order valence-electron chi connectivity index (χ4n) is 2.92. The fraction of sp³-hybridized carbons (Fsp3) is 0.900. The molecule has 0 spiro atoms. The van der Waals surface area contributed by atoms with Gasteiger partial charge in [-0.3, -0.25) is 9.59 Å². The number of amides is 1. The van der Waals surface area contributed by atoms with Crippen molar-refractivity contribution < 1.29 is 45.7 Å². The maximum Gasteiger partial charge on any atom is 1.00 e. The smallest absolute Gasteiger partial charge is 1.00 e. The van der Waals surface area contributed by atoms with Gasteiger partial charge in [-0.05, 0) is 6.42 Å². The van der Waals surface area contributed by atoms with Crippen LogP contribution in [0.2, 0.25) is 0 Å². The van der Waals surface area contributed by atoms with Crippen molar-refractivity contribution in [3.63, 3.8) is 0 Å². The second-order valence-electron chi connectivity index (χ2n) is 6.87.